The maximum Gasteiger partial charge on any atom is 0.241 e. The van der Waals surface area contributed by atoms with Gasteiger partial charge in [-0.2, -0.15) is 5.10 Å². The zero-order chi connectivity index (χ0) is 11.8. The van der Waals surface area contributed by atoms with Crippen LogP contribution in [-0.4, -0.2) is 18.6 Å². The molecule has 0 saturated carbocycles. The summed E-state index contributed by atoms with van der Waals surface area (Å²) >= 11 is 3.30. The number of aromatic amines is 1. The summed E-state index contributed by atoms with van der Waals surface area (Å²) in [4.78, 5) is -0.00479. The number of sulfonamides is 1. The van der Waals surface area contributed by atoms with Crippen LogP contribution >= 0.6 is 15.9 Å². The van der Waals surface area contributed by atoms with Crippen LogP contribution in [0.5, 0.6) is 0 Å². The summed E-state index contributed by atoms with van der Waals surface area (Å²) in [5, 5.41) is 11.4. The highest BCUT2D eigenvalue weighted by Gasteiger charge is 2.17. The Morgan fingerprint density at radius 2 is 1.88 bits per heavy atom. The predicted molar refractivity (Wildman–Crippen MR) is 63.1 cm³/mol. The number of nitrogens with one attached hydrogen (secondary N) is 1. The lowest BCUT2D eigenvalue weighted by atomic mass is 10.2. The first kappa shape index (κ1) is 11.3. The average molecular weight is 302 g/mol. The summed E-state index contributed by atoms with van der Waals surface area (Å²) in [5.41, 5.74) is 1.11. The fourth-order valence-electron chi connectivity index (χ4n) is 1.31. The van der Waals surface area contributed by atoms with Gasteiger partial charge < -0.3 is 0 Å². The second-order valence-corrected chi connectivity index (χ2v) is 5.61. The van der Waals surface area contributed by atoms with Crippen LogP contribution in [-0.2, 0) is 10.0 Å². The number of aromatic nitrogens is 2. The minimum Gasteiger partial charge on any atom is -0.276 e. The first-order valence-electron chi connectivity index (χ1n) is 4.30. The highest BCUT2D eigenvalue weighted by Crippen LogP contribution is 2.25. The average Bonchev–Trinajstić information content (AvgIpc) is 2.66. The number of rotatable bonds is 2. The molecule has 84 valence electrons. The Bertz CT molecular complexity index is 604. The number of halogens is 1. The van der Waals surface area contributed by atoms with Gasteiger partial charge in [0.2, 0.25) is 10.0 Å². The van der Waals surface area contributed by atoms with Gasteiger partial charge in [-0.3, -0.25) is 5.10 Å². The van der Waals surface area contributed by atoms with Crippen molar-refractivity contribution in [2.24, 2.45) is 5.14 Å². The van der Waals surface area contributed by atoms with Gasteiger partial charge in [-0.05, 0) is 12.1 Å². The first-order chi connectivity index (χ1) is 7.48. The lowest BCUT2D eigenvalue weighted by Crippen LogP contribution is -2.12. The van der Waals surface area contributed by atoms with E-state index in [1.54, 1.807) is 12.1 Å². The molecule has 3 N–H and O–H groups in total. The largest absolute Gasteiger partial charge is 0.276 e. The quantitative estimate of drug-likeness (QED) is 0.880. The van der Waals surface area contributed by atoms with Gasteiger partial charge in [-0.25, -0.2) is 13.6 Å². The van der Waals surface area contributed by atoms with Gasteiger partial charge in [0, 0.05) is 10.0 Å². The van der Waals surface area contributed by atoms with Crippen molar-refractivity contribution in [2.45, 2.75) is 4.90 Å². The summed E-state index contributed by atoms with van der Waals surface area (Å²) < 4.78 is 23.4. The summed E-state index contributed by atoms with van der Waals surface area (Å²) in [5.74, 6) is 0. The van der Waals surface area contributed by atoms with E-state index in [1.807, 2.05) is 12.1 Å². The number of hydrogen-bond donors (Lipinski definition) is 2. The molecule has 5 nitrogen and oxygen atoms in total. The van der Waals surface area contributed by atoms with Gasteiger partial charge in [-0.15, -0.1) is 0 Å². The van der Waals surface area contributed by atoms with Gasteiger partial charge in [0.1, 0.15) is 4.90 Å². The maximum absolute atomic E-state index is 11.3. The van der Waals surface area contributed by atoms with Crippen molar-refractivity contribution < 1.29 is 8.42 Å². The number of nitrogens with two attached hydrogens (primary N) is 1. The van der Waals surface area contributed by atoms with Crippen molar-refractivity contribution >= 4 is 26.0 Å². The smallest absolute Gasteiger partial charge is 0.241 e. The van der Waals surface area contributed by atoms with Crippen molar-refractivity contribution in [3.63, 3.8) is 0 Å². The molecule has 0 bridgehead atoms. The monoisotopic (exact) mass is 301 g/mol. The molecule has 0 fully saturated rings. The maximum atomic E-state index is 11.3. The number of benzene rings is 1. The van der Waals surface area contributed by atoms with E-state index >= 15 is 0 Å². The first-order valence-corrected chi connectivity index (χ1v) is 6.64. The van der Waals surface area contributed by atoms with Crippen LogP contribution in [0.4, 0.5) is 0 Å². The Balaban J connectivity index is 2.58. The summed E-state index contributed by atoms with van der Waals surface area (Å²) in [6.45, 7) is 0. The lowest BCUT2D eigenvalue weighted by molar-refractivity contribution is 0.598. The van der Waals surface area contributed by atoms with Gasteiger partial charge >= 0.3 is 0 Å². The molecule has 0 aliphatic carbocycles. The molecule has 7 heteroatoms. The van der Waals surface area contributed by atoms with Crippen LogP contribution < -0.4 is 5.14 Å². The zero-order valence-electron chi connectivity index (χ0n) is 8.01. The molecule has 0 radical (unpaired) electrons. The van der Waals surface area contributed by atoms with Crippen LogP contribution in [0.3, 0.4) is 0 Å². The minimum absolute atomic E-state index is 0.00479. The molecular weight excluding hydrogens is 294 g/mol. The third-order valence-electron chi connectivity index (χ3n) is 2.04. The van der Waals surface area contributed by atoms with Crippen molar-refractivity contribution in [3.05, 3.63) is 34.9 Å². The van der Waals surface area contributed by atoms with Crippen molar-refractivity contribution in [1.29, 1.82) is 0 Å². The van der Waals surface area contributed by atoms with E-state index in [2.05, 4.69) is 26.1 Å². The zero-order valence-corrected chi connectivity index (χ0v) is 10.4. The predicted octanol–water partition coefficient (Wildman–Crippen LogP) is 1.49. The SMILES string of the molecule is NS(=O)(=O)c1cn[nH]c1-c1ccc(Br)cc1. The van der Waals surface area contributed by atoms with Gasteiger partial charge in [0.05, 0.1) is 11.9 Å². The third-order valence-corrected chi connectivity index (χ3v) is 3.50. The third kappa shape index (κ3) is 2.16. The van der Waals surface area contributed by atoms with E-state index in [9.17, 15) is 8.42 Å². The standard InChI is InChI=1S/C9H8BrN3O2S/c10-7-3-1-6(2-4-7)9-8(5-12-13-9)16(11,14)15/h1-5H,(H,12,13)(H2,11,14,15). The van der Waals surface area contributed by atoms with E-state index in [0.29, 0.717) is 11.3 Å². The Morgan fingerprint density at radius 1 is 1.25 bits per heavy atom. The molecule has 0 unspecified atom stereocenters. The molecule has 1 heterocycles. The molecule has 1 aromatic heterocycles. The van der Waals surface area contributed by atoms with E-state index in [4.69, 9.17) is 5.14 Å². The van der Waals surface area contributed by atoms with Crippen LogP contribution in [0.25, 0.3) is 11.3 Å². The fraction of sp³-hybridized carbons (Fsp3) is 0. The topological polar surface area (TPSA) is 88.8 Å². The van der Waals surface area contributed by atoms with Gasteiger partial charge in [0.25, 0.3) is 0 Å². The van der Waals surface area contributed by atoms with Gasteiger partial charge in [-0.1, -0.05) is 28.1 Å². The molecular formula is C9H8BrN3O2S. The summed E-state index contributed by atoms with van der Waals surface area (Å²) in [6, 6.07) is 7.16. The molecule has 0 aliphatic heterocycles. The van der Waals surface area contributed by atoms with E-state index in [-0.39, 0.29) is 4.90 Å². The number of H-pyrrole nitrogens is 1. The fourth-order valence-corrected chi connectivity index (χ4v) is 2.23. The number of hydrogen-bond acceptors (Lipinski definition) is 3. The molecule has 0 aliphatic rings. The molecule has 0 saturated heterocycles. The normalized spacial score (nSPS) is 11.6. The molecule has 0 spiro atoms. The van der Waals surface area contributed by atoms with E-state index in [1.165, 1.54) is 6.20 Å². The number of nitrogens with zero attached hydrogens (tertiary/aromatic N) is 1. The van der Waals surface area contributed by atoms with E-state index < -0.39 is 10.0 Å². The lowest BCUT2D eigenvalue weighted by Gasteiger charge is -2.01. The molecule has 2 aromatic rings. The van der Waals surface area contributed by atoms with Crippen LogP contribution in [0.2, 0.25) is 0 Å². The molecule has 16 heavy (non-hydrogen) atoms. The Labute approximate surface area is 101 Å². The Morgan fingerprint density at radius 3 is 2.44 bits per heavy atom. The van der Waals surface area contributed by atoms with E-state index in [0.717, 1.165) is 4.47 Å². The second kappa shape index (κ2) is 4.00. The molecule has 2 rings (SSSR count). The minimum atomic E-state index is -3.75. The van der Waals surface area contributed by atoms with Crippen molar-refractivity contribution in [2.75, 3.05) is 0 Å². The van der Waals surface area contributed by atoms with Crippen LogP contribution in [0, 0.1) is 0 Å². The molecule has 0 atom stereocenters. The van der Waals surface area contributed by atoms with Crippen LogP contribution in [0.1, 0.15) is 0 Å². The second-order valence-electron chi connectivity index (χ2n) is 3.16. The summed E-state index contributed by atoms with van der Waals surface area (Å²) in [6.07, 6.45) is 1.20. The van der Waals surface area contributed by atoms with Crippen molar-refractivity contribution in [3.8, 4) is 11.3 Å². The van der Waals surface area contributed by atoms with Crippen LogP contribution in [0.15, 0.2) is 39.8 Å². The summed E-state index contributed by atoms with van der Waals surface area (Å²) in [7, 11) is -3.75. The Hall–Kier alpha value is -1.18. The van der Waals surface area contributed by atoms with Crippen molar-refractivity contribution in [1.82, 2.24) is 10.2 Å². The number of primary sulfonamides is 1. The Kier molecular flexibility index (Phi) is 2.83. The molecule has 0 amide bonds. The highest BCUT2D eigenvalue weighted by atomic mass is 79.9. The highest BCUT2D eigenvalue weighted by molar-refractivity contribution is 9.10. The molecule has 1 aromatic carbocycles. The van der Waals surface area contributed by atoms with Gasteiger partial charge in [0.15, 0.2) is 0 Å².